The molecule has 1 atom stereocenters. The zero-order valence-electron chi connectivity index (χ0n) is 15.8. The zero-order valence-corrected chi connectivity index (χ0v) is 16.6. The van der Waals surface area contributed by atoms with E-state index in [4.69, 9.17) is 9.47 Å². The minimum atomic E-state index is -0.936. The van der Waals surface area contributed by atoms with E-state index < -0.39 is 16.4 Å². The summed E-state index contributed by atoms with van der Waals surface area (Å²) < 4.78 is 36.2. The molecule has 2 rings (SSSR count). The molecule has 1 amide bonds. The first-order chi connectivity index (χ1) is 12.2. The summed E-state index contributed by atoms with van der Waals surface area (Å²) in [6, 6.07) is 4.72. The number of ether oxygens (including phenoxy) is 2. The fourth-order valence-corrected chi connectivity index (χ4v) is 2.89. The molecule has 1 saturated heterocycles. The molecule has 8 heteroatoms. The van der Waals surface area contributed by atoms with Crippen molar-refractivity contribution in [2.45, 2.75) is 26.4 Å². The van der Waals surface area contributed by atoms with E-state index in [-0.39, 0.29) is 18.5 Å². The lowest BCUT2D eigenvalue weighted by Gasteiger charge is -2.36. The van der Waals surface area contributed by atoms with Crippen molar-refractivity contribution in [2.75, 3.05) is 49.7 Å². The Balaban J connectivity index is 1.90. The van der Waals surface area contributed by atoms with Gasteiger partial charge in [0.15, 0.2) is 0 Å². The second-order valence-corrected chi connectivity index (χ2v) is 8.75. The van der Waals surface area contributed by atoms with Gasteiger partial charge in [-0.2, -0.15) is 0 Å². The monoisotopic (exact) mass is 386 g/mol. The van der Waals surface area contributed by atoms with Crippen LogP contribution >= 0.6 is 0 Å². The number of carbonyl (C=O) groups is 1. The van der Waals surface area contributed by atoms with Crippen LogP contribution in [0.2, 0.25) is 0 Å². The first-order valence-electron chi connectivity index (χ1n) is 8.61. The fourth-order valence-electron chi connectivity index (χ4n) is 2.57. The molecule has 1 aliphatic rings. The number of rotatable bonds is 5. The highest BCUT2D eigenvalue weighted by atomic mass is 32.2. The van der Waals surface area contributed by atoms with E-state index >= 15 is 0 Å². The molecule has 0 saturated carbocycles. The number of benzene rings is 1. The Morgan fingerprint density at radius 2 is 1.88 bits per heavy atom. The zero-order chi connectivity index (χ0) is 19.3. The lowest BCUT2D eigenvalue weighted by molar-refractivity contribution is 0.0240. The summed E-state index contributed by atoms with van der Waals surface area (Å²) in [5, 5.41) is 0. The number of hydrogen-bond donors (Lipinski definition) is 0. The van der Waals surface area contributed by atoms with E-state index in [9.17, 15) is 13.4 Å². The van der Waals surface area contributed by atoms with Gasteiger partial charge < -0.3 is 19.3 Å². The Labute approximate surface area is 156 Å². The largest absolute Gasteiger partial charge is 0.493 e. The molecule has 1 aliphatic heterocycles. The first-order valence-corrected chi connectivity index (χ1v) is 10.3. The molecule has 146 valence electrons. The van der Waals surface area contributed by atoms with Gasteiger partial charge in [0.1, 0.15) is 17.2 Å². The molecule has 1 heterocycles. The molecule has 0 bridgehead atoms. The third kappa shape index (κ3) is 6.16. The third-order valence-electron chi connectivity index (χ3n) is 3.83. The topological polar surface area (TPSA) is 59.1 Å². The first kappa shape index (κ1) is 20.5. The maximum absolute atomic E-state index is 14.4. The Kier molecular flexibility index (Phi) is 6.86. The fraction of sp³-hybridized carbons (Fsp3) is 0.611. The predicted molar refractivity (Wildman–Crippen MR) is 101 cm³/mol. The normalized spacial score (nSPS) is 16.3. The van der Waals surface area contributed by atoms with Crippen LogP contribution in [0.15, 0.2) is 18.2 Å². The van der Waals surface area contributed by atoms with Crippen LogP contribution in [0.1, 0.15) is 20.8 Å². The Morgan fingerprint density at radius 1 is 1.23 bits per heavy atom. The van der Waals surface area contributed by atoms with Crippen molar-refractivity contribution in [1.29, 1.82) is 0 Å². The standard InChI is InChI=1S/C18H27FN2O4S/c1-18(2,3)25-17(22)21-9-7-20(8-10-21)16-6-5-14(13-15(16)19)24-11-12-26(4)23/h5-6,13H,7-12H2,1-4H3/t26-/m1/s1. The Hall–Kier alpha value is -1.83. The molecule has 0 unspecified atom stereocenters. The number of halogens is 1. The molecule has 1 fully saturated rings. The molecule has 1 aromatic carbocycles. The lowest BCUT2D eigenvalue weighted by Crippen LogP contribution is -2.50. The number of hydrogen-bond acceptors (Lipinski definition) is 5. The van der Waals surface area contributed by atoms with Gasteiger partial charge >= 0.3 is 6.09 Å². The SMILES string of the molecule is C[S@@](=O)CCOc1ccc(N2CCN(C(=O)OC(C)(C)C)CC2)c(F)c1. The summed E-state index contributed by atoms with van der Waals surface area (Å²) in [6.45, 7) is 7.81. The molecule has 0 radical (unpaired) electrons. The highest BCUT2D eigenvalue weighted by Crippen LogP contribution is 2.25. The van der Waals surface area contributed by atoms with Crippen molar-refractivity contribution in [2.24, 2.45) is 0 Å². The van der Waals surface area contributed by atoms with E-state index in [1.165, 1.54) is 6.07 Å². The maximum atomic E-state index is 14.4. The minimum absolute atomic E-state index is 0.288. The Bertz CT molecular complexity index is 655. The van der Waals surface area contributed by atoms with Crippen LogP contribution in [-0.2, 0) is 15.5 Å². The summed E-state index contributed by atoms with van der Waals surface area (Å²) in [7, 11) is -0.936. The van der Waals surface area contributed by atoms with Crippen LogP contribution in [-0.4, -0.2) is 65.6 Å². The van der Waals surface area contributed by atoms with Gasteiger partial charge in [-0.1, -0.05) is 0 Å². The summed E-state index contributed by atoms with van der Waals surface area (Å²) >= 11 is 0. The molecule has 0 aliphatic carbocycles. The molecular formula is C18H27FN2O4S. The summed E-state index contributed by atoms with van der Waals surface area (Å²) in [5.41, 5.74) is -0.0409. The summed E-state index contributed by atoms with van der Waals surface area (Å²) in [5.74, 6) is 0.464. The van der Waals surface area contributed by atoms with Crippen molar-refractivity contribution in [3.8, 4) is 5.75 Å². The van der Waals surface area contributed by atoms with Gasteiger partial charge in [-0.15, -0.1) is 0 Å². The van der Waals surface area contributed by atoms with Crippen molar-refractivity contribution < 1.29 is 22.9 Å². The lowest BCUT2D eigenvalue weighted by atomic mass is 10.2. The summed E-state index contributed by atoms with van der Waals surface area (Å²) in [4.78, 5) is 15.6. The minimum Gasteiger partial charge on any atom is -0.493 e. The predicted octanol–water partition coefficient (Wildman–Crippen LogP) is 2.64. The highest BCUT2D eigenvalue weighted by molar-refractivity contribution is 7.84. The van der Waals surface area contributed by atoms with Crippen molar-refractivity contribution >= 4 is 22.6 Å². The molecule has 1 aromatic rings. The number of piperazine rings is 1. The Morgan fingerprint density at radius 3 is 2.42 bits per heavy atom. The molecule has 6 nitrogen and oxygen atoms in total. The van der Waals surface area contributed by atoms with E-state index in [1.54, 1.807) is 23.3 Å². The van der Waals surface area contributed by atoms with Crippen LogP contribution in [0.3, 0.4) is 0 Å². The second kappa shape index (κ2) is 8.70. The molecule has 0 N–H and O–H groups in total. The van der Waals surface area contributed by atoms with Crippen LogP contribution in [0.4, 0.5) is 14.9 Å². The number of anilines is 1. The van der Waals surface area contributed by atoms with E-state index in [1.807, 2.05) is 25.7 Å². The van der Waals surface area contributed by atoms with Gasteiger partial charge in [-0.05, 0) is 32.9 Å². The van der Waals surface area contributed by atoms with Crippen molar-refractivity contribution in [1.82, 2.24) is 4.90 Å². The number of nitrogens with zero attached hydrogens (tertiary/aromatic N) is 2. The average molecular weight is 386 g/mol. The van der Waals surface area contributed by atoms with Gasteiger partial charge in [0.2, 0.25) is 0 Å². The van der Waals surface area contributed by atoms with Crippen LogP contribution in [0.25, 0.3) is 0 Å². The molecule has 26 heavy (non-hydrogen) atoms. The van der Waals surface area contributed by atoms with Crippen molar-refractivity contribution in [3.63, 3.8) is 0 Å². The van der Waals surface area contributed by atoms with Crippen LogP contribution < -0.4 is 9.64 Å². The quantitative estimate of drug-likeness (QED) is 0.779. The van der Waals surface area contributed by atoms with Crippen LogP contribution in [0, 0.1) is 5.82 Å². The van der Waals surface area contributed by atoms with Gasteiger partial charge in [-0.3, -0.25) is 4.21 Å². The van der Waals surface area contributed by atoms with Crippen LogP contribution in [0.5, 0.6) is 5.75 Å². The van der Waals surface area contributed by atoms with Gasteiger partial charge in [0.25, 0.3) is 0 Å². The maximum Gasteiger partial charge on any atom is 0.410 e. The summed E-state index contributed by atoms with van der Waals surface area (Å²) in [6.07, 6.45) is 1.26. The second-order valence-electron chi connectivity index (χ2n) is 7.19. The van der Waals surface area contributed by atoms with E-state index in [0.29, 0.717) is 43.4 Å². The van der Waals surface area contributed by atoms with Gasteiger partial charge in [0, 0.05) is 49.3 Å². The molecule has 0 spiro atoms. The molecule has 0 aromatic heterocycles. The number of amides is 1. The molecular weight excluding hydrogens is 359 g/mol. The average Bonchev–Trinajstić information content (AvgIpc) is 2.53. The highest BCUT2D eigenvalue weighted by Gasteiger charge is 2.26. The van der Waals surface area contributed by atoms with Crippen molar-refractivity contribution in [3.05, 3.63) is 24.0 Å². The van der Waals surface area contributed by atoms with Gasteiger partial charge in [0.05, 0.1) is 18.0 Å². The van der Waals surface area contributed by atoms with Gasteiger partial charge in [-0.25, -0.2) is 9.18 Å². The van der Waals surface area contributed by atoms with E-state index in [0.717, 1.165) is 0 Å². The third-order valence-corrected chi connectivity index (χ3v) is 4.57. The van der Waals surface area contributed by atoms with E-state index in [2.05, 4.69) is 0 Å². The number of carbonyl (C=O) groups excluding carboxylic acids is 1. The smallest absolute Gasteiger partial charge is 0.410 e.